The van der Waals surface area contributed by atoms with Crippen molar-refractivity contribution in [1.82, 2.24) is 4.98 Å². The maximum absolute atomic E-state index is 14.6. The van der Waals surface area contributed by atoms with Crippen molar-refractivity contribution in [2.45, 2.75) is 50.2 Å². The molecular weight excluding hydrogens is 586 g/mol. The van der Waals surface area contributed by atoms with Crippen LogP contribution in [0.5, 0.6) is 0 Å². The molecule has 1 aliphatic rings. The van der Waals surface area contributed by atoms with Crippen LogP contribution < -0.4 is 4.31 Å². The summed E-state index contributed by atoms with van der Waals surface area (Å²) in [5.41, 5.74) is 1.01. The van der Waals surface area contributed by atoms with Crippen LogP contribution in [0, 0.1) is 22.7 Å². The lowest BCUT2D eigenvalue weighted by molar-refractivity contribution is -0.153. The summed E-state index contributed by atoms with van der Waals surface area (Å²) in [6, 6.07) is 30.6. The number of ketones is 1. The quantitative estimate of drug-likeness (QED) is 0.169. The van der Waals surface area contributed by atoms with Gasteiger partial charge in [-0.15, -0.1) is 0 Å². The maximum Gasteiger partial charge on any atom is 0.318 e. The summed E-state index contributed by atoms with van der Waals surface area (Å²) < 4.78 is 34.2. The fourth-order valence-corrected chi connectivity index (χ4v) is 7.23. The van der Waals surface area contributed by atoms with Crippen molar-refractivity contribution in [3.8, 4) is 6.07 Å². The number of hydrogen-bond acceptors (Lipinski definition) is 7. The molecule has 1 aliphatic heterocycles. The van der Waals surface area contributed by atoms with Crippen molar-refractivity contribution in [2.24, 2.45) is 11.3 Å². The van der Waals surface area contributed by atoms with Crippen LogP contribution in [0.15, 0.2) is 108 Å². The lowest BCUT2D eigenvalue weighted by atomic mass is 9.66. The van der Waals surface area contributed by atoms with E-state index in [9.17, 15) is 18.0 Å². The van der Waals surface area contributed by atoms with Crippen LogP contribution in [0.25, 0.3) is 0 Å². The van der Waals surface area contributed by atoms with Gasteiger partial charge in [0.2, 0.25) is 0 Å². The van der Waals surface area contributed by atoms with Gasteiger partial charge in [-0.3, -0.25) is 13.9 Å². The lowest BCUT2D eigenvalue weighted by Crippen LogP contribution is -2.44. The highest BCUT2D eigenvalue weighted by Gasteiger charge is 2.59. The molecule has 5 rings (SSSR count). The first kappa shape index (κ1) is 31.6. The Hall–Kier alpha value is -4.81. The molecule has 8 nitrogen and oxygen atoms in total. The van der Waals surface area contributed by atoms with Crippen LogP contribution in [0.3, 0.4) is 0 Å². The predicted octanol–water partition coefficient (Wildman–Crippen LogP) is 5.87. The molecule has 0 saturated carbocycles. The van der Waals surface area contributed by atoms with E-state index in [0.29, 0.717) is 11.3 Å². The lowest BCUT2D eigenvalue weighted by Gasteiger charge is -2.34. The molecule has 2 unspecified atom stereocenters. The fraction of sp³-hybridized carbons (Fsp3) is 0.278. The van der Waals surface area contributed by atoms with Gasteiger partial charge in [0.1, 0.15) is 12.0 Å². The first-order chi connectivity index (χ1) is 21.4. The Kier molecular flexibility index (Phi) is 8.63. The molecule has 2 heterocycles. The fourth-order valence-electron chi connectivity index (χ4n) is 6.13. The number of nitriles is 1. The van der Waals surface area contributed by atoms with Gasteiger partial charge in [0.05, 0.1) is 11.3 Å². The molecule has 230 valence electrons. The van der Waals surface area contributed by atoms with Crippen LogP contribution in [-0.4, -0.2) is 37.8 Å². The summed E-state index contributed by atoms with van der Waals surface area (Å²) in [4.78, 5) is 32.5. The molecule has 2 atom stereocenters. The smallest absolute Gasteiger partial charge is 0.318 e. The van der Waals surface area contributed by atoms with Crippen LogP contribution in [0.4, 0.5) is 5.69 Å². The monoisotopic (exact) mass is 621 g/mol. The Bertz CT molecular complexity index is 1800. The van der Waals surface area contributed by atoms with Crippen molar-refractivity contribution in [1.29, 1.82) is 5.26 Å². The number of sulfonamides is 1. The molecule has 3 aromatic carbocycles. The van der Waals surface area contributed by atoms with Gasteiger partial charge in [0.15, 0.2) is 16.4 Å². The third kappa shape index (κ3) is 6.38. The molecule has 0 aliphatic carbocycles. The zero-order chi connectivity index (χ0) is 32.4. The van der Waals surface area contributed by atoms with E-state index in [4.69, 9.17) is 10.00 Å². The molecule has 1 saturated heterocycles. The largest absolute Gasteiger partial charge is 0.450 e. The van der Waals surface area contributed by atoms with Gasteiger partial charge >= 0.3 is 5.97 Å². The first-order valence-electron chi connectivity index (χ1n) is 14.7. The van der Waals surface area contributed by atoms with E-state index in [1.807, 2.05) is 93.6 Å². The summed E-state index contributed by atoms with van der Waals surface area (Å²) >= 11 is 0. The molecule has 0 radical (unpaired) electrons. The minimum absolute atomic E-state index is 0.206. The third-order valence-electron chi connectivity index (χ3n) is 8.30. The Morgan fingerprint density at radius 1 is 0.911 bits per heavy atom. The number of hydrogen-bond donors (Lipinski definition) is 0. The van der Waals surface area contributed by atoms with Crippen molar-refractivity contribution in [2.75, 3.05) is 11.4 Å². The number of carbonyl (C=O) groups is 2. The van der Waals surface area contributed by atoms with E-state index in [1.54, 1.807) is 18.2 Å². The first-order valence-corrected chi connectivity index (χ1v) is 16.1. The van der Waals surface area contributed by atoms with Gasteiger partial charge in [0, 0.05) is 32.0 Å². The normalized spacial score (nSPS) is 16.9. The molecular formula is C36H35N3O5S. The van der Waals surface area contributed by atoms with Crippen molar-refractivity contribution >= 4 is 27.5 Å². The summed E-state index contributed by atoms with van der Waals surface area (Å²) in [6.07, 6.45) is 1.68. The number of carbonyl (C=O) groups excluding carboxylic acids is 2. The number of rotatable bonds is 9. The number of pyridine rings is 1. The van der Waals surface area contributed by atoms with E-state index in [2.05, 4.69) is 4.98 Å². The van der Waals surface area contributed by atoms with E-state index < -0.39 is 38.8 Å². The van der Waals surface area contributed by atoms with Crippen LogP contribution in [0.1, 0.15) is 48.9 Å². The average Bonchev–Trinajstić information content (AvgIpc) is 3.25. The highest BCUT2D eigenvalue weighted by molar-refractivity contribution is 7.92. The van der Waals surface area contributed by atoms with Crippen LogP contribution >= 0.6 is 0 Å². The van der Waals surface area contributed by atoms with Gasteiger partial charge in [-0.25, -0.2) is 4.98 Å². The number of ether oxygens (including phenoxy) is 1. The second-order valence-electron chi connectivity index (χ2n) is 12.5. The van der Waals surface area contributed by atoms with Crippen molar-refractivity contribution in [3.05, 3.63) is 126 Å². The Morgan fingerprint density at radius 3 is 2.02 bits per heavy atom. The number of nitrogens with zero attached hydrogens (tertiary/aromatic N) is 3. The minimum atomic E-state index is -4.07. The predicted molar refractivity (Wildman–Crippen MR) is 171 cm³/mol. The number of aromatic nitrogens is 1. The maximum atomic E-state index is 14.6. The molecule has 0 N–H and O–H groups in total. The summed E-state index contributed by atoms with van der Waals surface area (Å²) in [5.74, 6) is -2.59. The molecule has 1 fully saturated rings. The molecule has 0 spiro atoms. The van der Waals surface area contributed by atoms with E-state index >= 15 is 0 Å². The zero-order valence-electron chi connectivity index (χ0n) is 25.7. The highest BCUT2D eigenvalue weighted by Crippen LogP contribution is 2.48. The van der Waals surface area contributed by atoms with Gasteiger partial charge < -0.3 is 4.74 Å². The summed E-state index contributed by atoms with van der Waals surface area (Å²) in [7, 11) is -2.65. The average molecular weight is 622 g/mol. The zero-order valence-corrected chi connectivity index (χ0v) is 26.5. The summed E-state index contributed by atoms with van der Waals surface area (Å²) in [5, 5.41) is 8.86. The standard InChI is InChI=1S/C36H35N3O5S/c1-35(2,3)32(28-16-11-17-29(20-28)39(4)45(42,43)30-19-18-27(23-37)24-38-30)31-33(40)36(44-34(31)41,21-25-12-7-5-8-13-25)22-26-14-9-6-10-15-26/h5-20,24,31-32H,21-22H2,1-4H3. The number of Topliss-reactive ketones (excluding diaryl/α,β-unsaturated/α-hetero) is 1. The molecule has 1 aromatic heterocycles. The van der Waals surface area contributed by atoms with E-state index in [0.717, 1.165) is 15.4 Å². The SMILES string of the molecule is CN(c1cccc(C(C2C(=O)OC(Cc3ccccc3)(Cc3ccccc3)C2=O)C(C)(C)C)c1)S(=O)(=O)c1ccc(C#N)cn1. The molecule has 0 amide bonds. The van der Waals surface area contributed by atoms with Gasteiger partial charge in [0.25, 0.3) is 10.0 Å². The molecule has 9 heteroatoms. The van der Waals surface area contributed by atoms with Crippen LogP contribution in [-0.2, 0) is 37.2 Å². The van der Waals surface area contributed by atoms with Crippen LogP contribution in [0.2, 0.25) is 0 Å². The van der Waals surface area contributed by atoms with Crippen molar-refractivity contribution < 1.29 is 22.7 Å². The summed E-state index contributed by atoms with van der Waals surface area (Å²) in [6.45, 7) is 5.88. The Morgan fingerprint density at radius 2 is 1.51 bits per heavy atom. The third-order valence-corrected chi connectivity index (χ3v) is 10.00. The number of benzene rings is 3. The Labute approximate surface area is 264 Å². The van der Waals surface area contributed by atoms with Crippen molar-refractivity contribution in [3.63, 3.8) is 0 Å². The minimum Gasteiger partial charge on any atom is -0.450 e. The van der Waals surface area contributed by atoms with Gasteiger partial charge in [-0.2, -0.15) is 13.7 Å². The van der Waals surface area contributed by atoms with E-state index in [-0.39, 0.29) is 29.2 Å². The highest BCUT2D eigenvalue weighted by atomic mass is 32.2. The number of esters is 1. The topological polar surface area (TPSA) is 117 Å². The van der Waals surface area contributed by atoms with E-state index in [1.165, 1.54) is 25.4 Å². The van der Waals surface area contributed by atoms with Gasteiger partial charge in [-0.05, 0) is 46.4 Å². The molecule has 4 aromatic rings. The molecule has 0 bridgehead atoms. The number of anilines is 1. The second-order valence-corrected chi connectivity index (χ2v) is 14.4. The number of cyclic esters (lactones) is 1. The molecule has 45 heavy (non-hydrogen) atoms. The second kappa shape index (κ2) is 12.3. The van der Waals surface area contributed by atoms with Gasteiger partial charge in [-0.1, -0.05) is 93.6 Å². The Balaban J connectivity index is 1.54.